The molecular weight excluding hydrogens is 642 g/mol. The van der Waals surface area contributed by atoms with E-state index < -0.39 is 17.8 Å². The van der Waals surface area contributed by atoms with Crippen molar-refractivity contribution in [3.8, 4) is 22.4 Å². The van der Waals surface area contributed by atoms with Crippen LogP contribution in [-0.4, -0.2) is 36.6 Å². The Kier molecular flexibility index (Phi) is 9.98. The second-order valence-electron chi connectivity index (χ2n) is 10.1. The summed E-state index contributed by atoms with van der Waals surface area (Å²) in [5.41, 5.74) is 7.14. The van der Waals surface area contributed by atoms with Gasteiger partial charge >= 0.3 is 5.97 Å². The van der Waals surface area contributed by atoms with Crippen molar-refractivity contribution in [1.29, 1.82) is 0 Å². The molecule has 1 aliphatic heterocycles. The lowest BCUT2D eigenvalue weighted by molar-refractivity contribution is -0.697. The van der Waals surface area contributed by atoms with Crippen molar-refractivity contribution in [3.05, 3.63) is 96.4 Å². The van der Waals surface area contributed by atoms with Crippen LogP contribution in [0.1, 0.15) is 43.4 Å². The number of carbonyl (C=O) groups excluding carboxylic acids is 3. The van der Waals surface area contributed by atoms with Gasteiger partial charge in [-0.3, -0.25) is 9.59 Å². The number of hydroxylamine groups is 2. The van der Waals surface area contributed by atoms with Crippen molar-refractivity contribution in [2.24, 2.45) is 0 Å². The largest absolute Gasteiger partial charge is 1.00 e. The van der Waals surface area contributed by atoms with Crippen LogP contribution in [0.2, 0.25) is 0 Å². The number of hydrogen-bond donors (Lipinski definition) is 0. The molecule has 0 saturated carbocycles. The van der Waals surface area contributed by atoms with E-state index >= 15 is 0 Å². The third kappa shape index (κ3) is 6.95. The fourth-order valence-corrected chi connectivity index (χ4v) is 5.54. The van der Waals surface area contributed by atoms with Gasteiger partial charge in [0, 0.05) is 48.4 Å². The molecule has 0 atom stereocenters. The minimum Gasteiger partial charge on any atom is -1.00 e. The number of fused-ring (bicyclic) bond motifs is 1. The van der Waals surface area contributed by atoms with Crippen molar-refractivity contribution >= 4 is 52.7 Å². The number of unbranched alkanes of at least 4 members (excludes halogenated alkanes) is 1. The molecule has 4 heterocycles. The van der Waals surface area contributed by atoms with Gasteiger partial charge in [-0.25, -0.2) is 14.3 Å². The number of hydrogen-bond acceptors (Lipinski definition) is 8. The van der Waals surface area contributed by atoms with E-state index in [9.17, 15) is 14.4 Å². The number of aryl methyl sites for hydroxylation is 1. The first-order chi connectivity index (χ1) is 21.1. The van der Waals surface area contributed by atoms with E-state index in [0.717, 1.165) is 51.1 Å². The van der Waals surface area contributed by atoms with Gasteiger partial charge in [-0.2, -0.15) is 8.75 Å². The second kappa shape index (κ2) is 14.2. The van der Waals surface area contributed by atoms with Crippen molar-refractivity contribution in [1.82, 2.24) is 18.8 Å². The highest BCUT2D eigenvalue weighted by atomic mass is 79.9. The Hall–Kier alpha value is -4.61. The molecular formula is C33H28BrN5O4S. The summed E-state index contributed by atoms with van der Waals surface area (Å²) in [4.78, 5) is 45.4. The van der Waals surface area contributed by atoms with Crippen molar-refractivity contribution in [2.45, 2.75) is 38.6 Å². The van der Waals surface area contributed by atoms with Crippen LogP contribution in [0.15, 0.2) is 85.2 Å². The number of halogens is 1. The molecule has 0 spiro atoms. The van der Waals surface area contributed by atoms with Crippen LogP contribution in [0.3, 0.4) is 0 Å². The third-order valence-corrected chi connectivity index (χ3v) is 7.64. The molecule has 3 aromatic heterocycles. The van der Waals surface area contributed by atoms with E-state index in [1.165, 1.54) is 11.7 Å². The van der Waals surface area contributed by atoms with E-state index in [4.69, 9.17) is 9.82 Å². The van der Waals surface area contributed by atoms with Gasteiger partial charge in [-0.05, 0) is 30.2 Å². The first-order valence-electron chi connectivity index (χ1n) is 14.1. The number of carbonyl (C=O) groups is 3. The molecule has 0 N–H and O–H groups in total. The molecule has 1 fully saturated rings. The summed E-state index contributed by atoms with van der Waals surface area (Å²) in [6, 6.07) is 24.1. The molecule has 0 radical (unpaired) electrons. The normalized spacial score (nSPS) is 13.0. The highest BCUT2D eigenvalue weighted by Gasteiger charge is 2.32. The monoisotopic (exact) mass is 669 g/mol. The lowest BCUT2D eigenvalue weighted by Gasteiger charge is -2.12. The summed E-state index contributed by atoms with van der Waals surface area (Å²) in [5.74, 6) is -1.51. The van der Waals surface area contributed by atoms with Crippen LogP contribution < -0.4 is 21.5 Å². The molecule has 1 aliphatic rings. The van der Waals surface area contributed by atoms with Gasteiger partial charge in [0.1, 0.15) is 17.6 Å². The molecule has 2 aromatic carbocycles. The summed E-state index contributed by atoms with van der Waals surface area (Å²) in [7, 11) is 0. The van der Waals surface area contributed by atoms with Gasteiger partial charge in [-0.15, -0.1) is 5.06 Å². The lowest BCUT2D eigenvalue weighted by atomic mass is 9.99. The molecule has 0 bridgehead atoms. The number of pyridine rings is 2. The topological polar surface area (TPSA) is 106 Å². The minimum absolute atomic E-state index is 0. The van der Waals surface area contributed by atoms with E-state index in [0.29, 0.717) is 18.0 Å². The Morgan fingerprint density at radius 3 is 2.27 bits per heavy atom. The first kappa shape index (κ1) is 30.8. The predicted octanol–water partition coefficient (Wildman–Crippen LogP) is 2.66. The second-order valence-corrected chi connectivity index (χ2v) is 10.7. The number of amides is 2. The average molecular weight is 671 g/mol. The average Bonchev–Trinajstić information content (AvgIpc) is 3.65. The van der Waals surface area contributed by atoms with E-state index in [-0.39, 0.29) is 36.2 Å². The summed E-state index contributed by atoms with van der Waals surface area (Å²) in [5, 5.41) is 0.594. The van der Waals surface area contributed by atoms with Gasteiger partial charge in [0.15, 0.2) is 12.4 Å². The maximum absolute atomic E-state index is 12.1. The minimum atomic E-state index is -0.575. The predicted molar refractivity (Wildman–Crippen MR) is 163 cm³/mol. The standard InChI is InChI=1S/C33H28N5O4S.BrH/c39-27-18-19-28(40)38(27)42-29(41)15-7-8-20-37-21-9-10-23(22-37)16-17-26-30(24-11-3-1-4-12-24)32-33(36-43-35-32)31(34-26)25-13-5-2-6-14-25;/h1-6,9-14,16-17,21-22H,7-8,15,18-20H2;1H/q+1;/p-1/b17-16+;. The zero-order valence-corrected chi connectivity index (χ0v) is 26.0. The van der Waals surface area contributed by atoms with Gasteiger partial charge in [0.05, 0.1) is 23.1 Å². The molecule has 2 amide bonds. The number of imide groups is 1. The van der Waals surface area contributed by atoms with Gasteiger partial charge in [-0.1, -0.05) is 60.7 Å². The maximum atomic E-state index is 12.1. The molecule has 5 aromatic rings. The SMILES string of the molecule is O=C(CCCC[n+]1cccc(/C=C/c2nc(-c3ccccc3)c3nsnc3c2-c2ccccc2)c1)ON1C(=O)CCC1=O.[Br-]. The quantitative estimate of drug-likeness (QED) is 0.128. The Labute approximate surface area is 268 Å². The molecule has 11 heteroatoms. The summed E-state index contributed by atoms with van der Waals surface area (Å²) < 4.78 is 11.4. The number of benzene rings is 2. The Morgan fingerprint density at radius 1 is 0.864 bits per heavy atom. The Bertz CT molecular complexity index is 1810. The Morgan fingerprint density at radius 2 is 1.55 bits per heavy atom. The van der Waals surface area contributed by atoms with Gasteiger partial charge in [0.2, 0.25) is 0 Å². The first-order valence-corrected chi connectivity index (χ1v) is 14.8. The molecule has 9 nitrogen and oxygen atoms in total. The zero-order chi connectivity index (χ0) is 29.6. The van der Waals surface area contributed by atoms with E-state index in [1.807, 2.05) is 85.2 Å². The smallest absolute Gasteiger partial charge is 0.333 e. The van der Waals surface area contributed by atoms with Crippen LogP contribution in [-0.2, 0) is 25.8 Å². The summed E-state index contributed by atoms with van der Waals surface area (Å²) in [6.07, 6.45) is 9.66. The summed E-state index contributed by atoms with van der Waals surface area (Å²) in [6.45, 7) is 0.693. The molecule has 6 rings (SSSR count). The van der Waals surface area contributed by atoms with Crippen molar-refractivity contribution in [2.75, 3.05) is 0 Å². The summed E-state index contributed by atoms with van der Waals surface area (Å²) >= 11 is 1.19. The number of nitrogens with zero attached hydrogens (tertiary/aromatic N) is 5. The molecule has 44 heavy (non-hydrogen) atoms. The molecule has 0 aliphatic carbocycles. The number of rotatable bonds is 10. The van der Waals surface area contributed by atoms with Gasteiger partial charge < -0.3 is 21.8 Å². The third-order valence-electron chi connectivity index (χ3n) is 7.11. The molecule has 1 saturated heterocycles. The molecule has 0 unspecified atom stereocenters. The number of aromatic nitrogens is 4. The van der Waals surface area contributed by atoms with Crippen LogP contribution in [0, 0.1) is 0 Å². The Balaban J connectivity index is 0.00000384. The highest BCUT2D eigenvalue weighted by Crippen LogP contribution is 2.36. The van der Waals surface area contributed by atoms with Crippen LogP contribution in [0.25, 0.3) is 45.6 Å². The fraction of sp³-hybridized carbons (Fsp3) is 0.182. The van der Waals surface area contributed by atoms with Crippen LogP contribution >= 0.6 is 11.7 Å². The molecule has 222 valence electrons. The van der Waals surface area contributed by atoms with Crippen molar-refractivity contribution < 1.29 is 40.8 Å². The van der Waals surface area contributed by atoms with Gasteiger partial charge in [0.25, 0.3) is 11.8 Å². The highest BCUT2D eigenvalue weighted by molar-refractivity contribution is 7.00. The fourth-order valence-electron chi connectivity index (χ4n) is 4.99. The van der Waals surface area contributed by atoms with Crippen LogP contribution in [0.4, 0.5) is 0 Å². The zero-order valence-electron chi connectivity index (χ0n) is 23.6. The van der Waals surface area contributed by atoms with Crippen molar-refractivity contribution in [3.63, 3.8) is 0 Å². The lowest BCUT2D eigenvalue weighted by Crippen LogP contribution is -3.00. The van der Waals surface area contributed by atoms with E-state index in [1.54, 1.807) is 0 Å². The maximum Gasteiger partial charge on any atom is 0.333 e. The van der Waals surface area contributed by atoms with E-state index in [2.05, 4.69) is 25.4 Å². The van der Waals surface area contributed by atoms with Crippen LogP contribution in [0.5, 0.6) is 0 Å².